The summed E-state index contributed by atoms with van der Waals surface area (Å²) >= 11 is 1.91. The van der Waals surface area contributed by atoms with Gasteiger partial charge in [0.15, 0.2) is 0 Å². The topological polar surface area (TPSA) is 3.24 Å². The first-order valence-electron chi connectivity index (χ1n) is 17.0. The number of nitrogens with zero attached hydrogens (tertiary/aromatic N) is 1. The van der Waals surface area contributed by atoms with E-state index in [9.17, 15) is 0 Å². The third kappa shape index (κ3) is 4.24. The summed E-state index contributed by atoms with van der Waals surface area (Å²) in [4.78, 5) is 2.47. The van der Waals surface area contributed by atoms with Crippen LogP contribution in [0.4, 0.5) is 17.1 Å². The Balaban J connectivity index is 1.21. The maximum absolute atomic E-state index is 2.47. The van der Waals surface area contributed by atoms with Crippen LogP contribution >= 0.6 is 11.3 Å². The molecule has 232 valence electrons. The second kappa shape index (κ2) is 10.7. The van der Waals surface area contributed by atoms with E-state index in [0.29, 0.717) is 0 Å². The maximum Gasteiger partial charge on any atom is 0.0543 e. The number of hydrogen-bond donors (Lipinski definition) is 0. The Morgan fingerprint density at radius 2 is 1.16 bits per heavy atom. The van der Waals surface area contributed by atoms with Gasteiger partial charge in [-0.3, -0.25) is 0 Å². The lowest BCUT2D eigenvalue weighted by atomic mass is 9.82. The van der Waals surface area contributed by atoms with Crippen LogP contribution in [0.2, 0.25) is 0 Å². The van der Waals surface area contributed by atoms with Gasteiger partial charge in [0.1, 0.15) is 0 Å². The Morgan fingerprint density at radius 1 is 0.490 bits per heavy atom. The van der Waals surface area contributed by atoms with Gasteiger partial charge in [0.25, 0.3) is 0 Å². The number of rotatable bonds is 4. The molecule has 1 aromatic heterocycles. The first-order chi connectivity index (χ1) is 24.1. The van der Waals surface area contributed by atoms with Crippen molar-refractivity contribution in [3.05, 3.63) is 175 Å². The molecule has 1 heterocycles. The fourth-order valence-corrected chi connectivity index (χ4v) is 9.51. The molecule has 0 fully saturated rings. The first-order valence-corrected chi connectivity index (χ1v) is 17.8. The summed E-state index contributed by atoms with van der Waals surface area (Å²) in [5.74, 6) is 0. The normalized spacial score (nSPS) is 13.3. The Morgan fingerprint density at radius 3 is 2.04 bits per heavy atom. The fourth-order valence-electron chi connectivity index (χ4n) is 8.24. The minimum absolute atomic E-state index is 0.0807. The minimum Gasteiger partial charge on any atom is -0.310 e. The molecule has 1 aliphatic carbocycles. The molecule has 10 rings (SSSR count). The Labute approximate surface area is 290 Å². The number of benzene rings is 8. The molecule has 0 atom stereocenters. The highest BCUT2D eigenvalue weighted by molar-refractivity contribution is 7.26. The summed E-state index contributed by atoms with van der Waals surface area (Å²) < 4.78 is 2.70. The maximum atomic E-state index is 2.47. The van der Waals surface area contributed by atoms with E-state index in [-0.39, 0.29) is 5.41 Å². The SMILES string of the molecule is CC1(C)c2ccccc2-c2c(N(c3ccc(-c4ccccc4)cc3)c3ccc4c(ccc5ccc6c7ccccc7sc6c54)c3)cccc21. The third-order valence-corrected chi connectivity index (χ3v) is 11.8. The van der Waals surface area contributed by atoms with E-state index in [0.717, 1.165) is 11.4 Å². The zero-order valence-electron chi connectivity index (χ0n) is 27.4. The second-order valence-electron chi connectivity index (χ2n) is 13.7. The van der Waals surface area contributed by atoms with E-state index >= 15 is 0 Å². The molecular formula is C47H33NS. The van der Waals surface area contributed by atoms with E-state index < -0.39 is 0 Å². The molecule has 0 radical (unpaired) electrons. The zero-order valence-corrected chi connectivity index (χ0v) is 28.3. The average molecular weight is 644 g/mol. The van der Waals surface area contributed by atoms with Crippen LogP contribution < -0.4 is 4.90 Å². The van der Waals surface area contributed by atoms with Crippen molar-refractivity contribution in [3.8, 4) is 22.3 Å². The monoisotopic (exact) mass is 643 g/mol. The van der Waals surface area contributed by atoms with Gasteiger partial charge in [-0.2, -0.15) is 0 Å². The summed E-state index contributed by atoms with van der Waals surface area (Å²) in [6.07, 6.45) is 0. The molecule has 0 unspecified atom stereocenters. The summed E-state index contributed by atoms with van der Waals surface area (Å²) in [5.41, 5.74) is 11.3. The summed E-state index contributed by atoms with van der Waals surface area (Å²) in [7, 11) is 0. The molecule has 0 saturated heterocycles. The predicted molar refractivity (Wildman–Crippen MR) is 212 cm³/mol. The van der Waals surface area contributed by atoms with Crippen molar-refractivity contribution >= 4 is 70.1 Å². The van der Waals surface area contributed by atoms with E-state index in [1.165, 1.54) is 80.8 Å². The summed E-state index contributed by atoms with van der Waals surface area (Å²) in [6.45, 7) is 4.71. The van der Waals surface area contributed by atoms with Gasteiger partial charge in [-0.15, -0.1) is 11.3 Å². The first kappa shape index (κ1) is 28.3. The van der Waals surface area contributed by atoms with Gasteiger partial charge in [-0.25, -0.2) is 0 Å². The third-order valence-electron chi connectivity index (χ3n) is 10.6. The number of fused-ring (bicyclic) bond motifs is 10. The standard InChI is InChI=1S/C47H33NS/c1-47(2)40-15-8-6-14-39(40)45-41(47)16-10-17-42(45)48(34-24-21-31(22-25-34)30-11-4-3-5-12-30)35-26-28-36-33(29-35)20-19-32-23-27-38-37-13-7-9-18-43(37)49-46(38)44(32)36/h3-29H,1-2H3. The molecular weight excluding hydrogens is 611 g/mol. The lowest BCUT2D eigenvalue weighted by molar-refractivity contribution is 0.660. The van der Waals surface area contributed by atoms with Crippen molar-refractivity contribution in [2.45, 2.75) is 19.3 Å². The lowest BCUT2D eigenvalue weighted by Gasteiger charge is -2.29. The number of thiophene rings is 1. The second-order valence-corrected chi connectivity index (χ2v) is 14.8. The molecule has 2 heteroatoms. The number of hydrogen-bond acceptors (Lipinski definition) is 2. The number of anilines is 3. The Bertz CT molecular complexity index is 2730. The average Bonchev–Trinajstić information content (AvgIpc) is 3.65. The van der Waals surface area contributed by atoms with Gasteiger partial charge in [-0.05, 0) is 80.4 Å². The highest BCUT2D eigenvalue weighted by atomic mass is 32.1. The van der Waals surface area contributed by atoms with Crippen molar-refractivity contribution in [2.24, 2.45) is 0 Å². The van der Waals surface area contributed by atoms with E-state index in [4.69, 9.17) is 0 Å². The molecule has 0 aliphatic heterocycles. The molecule has 8 aromatic carbocycles. The van der Waals surface area contributed by atoms with Gasteiger partial charge in [0.2, 0.25) is 0 Å². The van der Waals surface area contributed by atoms with Gasteiger partial charge in [0.05, 0.1) is 5.69 Å². The zero-order chi connectivity index (χ0) is 32.7. The van der Waals surface area contributed by atoms with Crippen molar-refractivity contribution < 1.29 is 0 Å². The minimum atomic E-state index is -0.0807. The van der Waals surface area contributed by atoms with Crippen molar-refractivity contribution in [3.63, 3.8) is 0 Å². The van der Waals surface area contributed by atoms with E-state index in [2.05, 4.69) is 183 Å². The molecule has 0 N–H and O–H groups in total. The van der Waals surface area contributed by atoms with Crippen LogP contribution in [-0.2, 0) is 5.41 Å². The molecule has 0 bridgehead atoms. The van der Waals surface area contributed by atoms with Crippen molar-refractivity contribution in [1.29, 1.82) is 0 Å². The van der Waals surface area contributed by atoms with Gasteiger partial charge in [0, 0.05) is 47.9 Å². The summed E-state index contributed by atoms with van der Waals surface area (Å²) in [6, 6.07) is 60.5. The molecule has 0 spiro atoms. The van der Waals surface area contributed by atoms with Crippen LogP contribution in [0.5, 0.6) is 0 Å². The van der Waals surface area contributed by atoms with Crippen LogP contribution in [0.1, 0.15) is 25.0 Å². The van der Waals surface area contributed by atoms with Crippen molar-refractivity contribution in [1.82, 2.24) is 0 Å². The summed E-state index contributed by atoms with van der Waals surface area (Å²) in [5, 5.41) is 7.84. The Kier molecular flexibility index (Phi) is 6.16. The Hall–Kier alpha value is -5.70. The molecule has 1 aliphatic rings. The van der Waals surface area contributed by atoms with Crippen molar-refractivity contribution in [2.75, 3.05) is 4.90 Å². The van der Waals surface area contributed by atoms with Crippen LogP contribution in [0.3, 0.4) is 0 Å². The predicted octanol–water partition coefficient (Wildman–Crippen LogP) is 13.8. The smallest absolute Gasteiger partial charge is 0.0543 e. The molecule has 49 heavy (non-hydrogen) atoms. The largest absolute Gasteiger partial charge is 0.310 e. The lowest BCUT2D eigenvalue weighted by Crippen LogP contribution is -2.16. The van der Waals surface area contributed by atoms with Gasteiger partial charge >= 0.3 is 0 Å². The van der Waals surface area contributed by atoms with Crippen LogP contribution in [-0.4, -0.2) is 0 Å². The highest BCUT2D eigenvalue weighted by Gasteiger charge is 2.37. The van der Waals surface area contributed by atoms with E-state index in [1.54, 1.807) is 0 Å². The fraction of sp³-hybridized carbons (Fsp3) is 0.0638. The van der Waals surface area contributed by atoms with Crippen LogP contribution in [0.15, 0.2) is 164 Å². The van der Waals surface area contributed by atoms with Crippen LogP contribution in [0.25, 0.3) is 64.0 Å². The quantitative estimate of drug-likeness (QED) is 0.173. The highest BCUT2D eigenvalue weighted by Crippen LogP contribution is 2.54. The molecule has 0 amide bonds. The van der Waals surface area contributed by atoms with Crippen LogP contribution in [0, 0.1) is 0 Å². The van der Waals surface area contributed by atoms with Gasteiger partial charge < -0.3 is 4.90 Å². The molecule has 0 saturated carbocycles. The van der Waals surface area contributed by atoms with Gasteiger partial charge in [-0.1, -0.05) is 141 Å². The van der Waals surface area contributed by atoms with E-state index in [1.807, 2.05) is 11.3 Å². The molecule has 9 aromatic rings. The molecule has 1 nitrogen and oxygen atoms in total.